The Kier molecular flexibility index (Phi) is 5.92. The van der Waals surface area contributed by atoms with Crippen LogP contribution < -0.4 is 5.36 Å². The van der Waals surface area contributed by atoms with E-state index in [9.17, 15) is 28.7 Å². The van der Waals surface area contributed by atoms with Crippen LogP contribution in [0.15, 0.2) is 60.0 Å². The first-order valence-electron chi connectivity index (χ1n) is 9.31. The lowest BCUT2D eigenvalue weighted by atomic mass is 10.1. The zero-order chi connectivity index (χ0) is 23.9. The average molecular weight is 492 g/mol. The maximum absolute atomic E-state index is 14.2. The third kappa shape index (κ3) is 4.20. The first-order valence-corrected chi connectivity index (χ1v) is 10.1. The maximum atomic E-state index is 14.2. The standard InChI is InChI=1S/C22H13Cl2F2N3O4/c23-14-9-29(33)10-15(24)19(14)27-22(32)21(31)12-7-28(20-11(12)3-1-6-18(20)30)8-13-16(25)4-2-5-17(13)26/h1-7,9-10,30,33H,8H2. The number of hydrogen-bond acceptors (Lipinski definition) is 4. The number of phenolic OH excluding ortho intramolecular Hbond substituents is 1. The largest absolute Gasteiger partial charge is 0.506 e. The average Bonchev–Trinajstić information content (AvgIpc) is 3.12. The second kappa shape index (κ2) is 8.68. The van der Waals surface area contributed by atoms with Crippen molar-refractivity contribution in [1.82, 2.24) is 9.30 Å². The summed E-state index contributed by atoms with van der Waals surface area (Å²) in [5, 5.41) is 19.4. The summed E-state index contributed by atoms with van der Waals surface area (Å²) in [5.41, 5.74) is -0.326. The van der Waals surface area contributed by atoms with Crippen LogP contribution >= 0.6 is 23.2 Å². The highest BCUT2D eigenvalue weighted by molar-refractivity contribution is 6.45. The van der Waals surface area contributed by atoms with E-state index < -0.39 is 23.3 Å². The lowest BCUT2D eigenvalue weighted by Gasteiger charge is -2.08. The van der Waals surface area contributed by atoms with E-state index in [0.717, 1.165) is 24.5 Å². The van der Waals surface area contributed by atoms with E-state index in [-0.39, 0.29) is 49.7 Å². The number of phenols is 1. The molecule has 0 fully saturated rings. The molecule has 0 saturated heterocycles. The van der Waals surface area contributed by atoms with Crippen molar-refractivity contribution >= 4 is 45.8 Å². The van der Waals surface area contributed by atoms with Crippen LogP contribution in [-0.4, -0.2) is 31.3 Å². The molecular weight excluding hydrogens is 479 g/mol. The van der Waals surface area contributed by atoms with Crippen molar-refractivity contribution in [3.8, 4) is 5.75 Å². The molecule has 2 N–H and O–H groups in total. The third-order valence-electron chi connectivity index (χ3n) is 4.86. The molecule has 4 aromatic rings. The van der Waals surface area contributed by atoms with Gasteiger partial charge >= 0.3 is 5.91 Å². The molecule has 0 bridgehead atoms. The molecule has 0 radical (unpaired) electrons. The molecule has 0 aliphatic rings. The Balaban J connectivity index is 1.82. The number of hydrogen-bond donors (Lipinski definition) is 2. The van der Waals surface area contributed by atoms with Crippen molar-refractivity contribution in [2.24, 2.45) is 4.99 Å². The fourth-order valence-corrected chi connectivity index (χ4v) is 3.92. The van der Waals surface area contributed by atoms with Gasteiger partial charge in [0.15, 0.2) is 0 Å². The monoisotopic (exact) mass is 491 g/mol. The molecule has 0 aliphatic carbocycles. The lowest BCUT2D eigenvalue weighted by Crippen LogP contribution is -2.18. The van der Waals surface area contributed by atoms with Gasteiger partial charge in [-0.05, 0) is 18.2 Å². The summed E-state index contributed by atoms with van der Waals surface area (Å²) in [5.74, 6) is -4.16. The second-order valence-corrected chi connectivity index (χ2v) is 7.79. The highest BCUT2D eigenvalue weighted by Gasteiger charge is 2.24. The van der Waals surface area contributed by atoms with E-state index in [1.165, 1.54) is 35.0 Å². The minimum absolute atomic E-state index is 0.105. The number of nitrogens with zero attached hydrogens (tertiary/aromatic N) is 3. The molecule has 7 nitrogen and oxygen atoms in total. The quantitative estimate of drug-likeness (QED) is 0.252. The molecule has 11 heteroatoms. The maximum Gasteiger partial charge on any atom is 0.318 e. The molecule has 4 rings (SSSR count). The number of Topliss-reactive ketones (excluding diaryl/α,β-unsaturated/α-hetero) is 1. The third-order valence-corrected chi connectivity index (χ3v) is 5.42. The van der Waals surface area contributed by atoms with E-state index >= 15 is 0 Å². The summed E-state index contributed by atoms with van der Waals surface area (Å²) >= 11 is 11.9. The van der Waals surface area contributed by atoms with E-state index in [1.54, 1.807) is 0 Å². The van der Waals surface area contributed by atoms with Gasteiger partial charge in [-0.2, -0.15) is 4.73 Å². The molecule has 0 atom stereocenters. The second-order valence-electron chi connectivity index (χ2n) is 6.97. The molecule has 0 saturated carbocycles. The Morgan fingerprint density at radius 3 is 2.21 bits per heavy atom. The summed E-state index contributed by atoms with van der Waals surface area (Å²) in [6.45, 7) is -0.349. The van der Waals surface area contributed by atoms with Crippen molar-refractivity contribution in [3.63, 3.8) is 0 Å². The number of pyridine rings is 1. The summed E-state index contributed by atoms with van der Waals surface area (Å²) in [6, 6.07) is 7.65. The van der Waals surface area contributed by atoms with Crippen LogP contribution in [0.5, 0.6) is 5.75 Å². The molecule has 168 valence electrons. The summed E-state index contributed by atoms with van der Waals surface area (Å²) in [6.07, 6.45) is 3.26. The fourth-order valence-electron chi connectivity index (χ4n) is 3.38. The van der Waals surface area contributed by atoms with Crippen LogP contribution in [0.4, 0.5) is 8.78 Å². The molecule has 2 heterocycles. The van der Waals surface area contributed by atoms with Crippen LogP contribution in [0, 0.1) is 11.6 Å². The first kappa shape index (κ1) is 22.5. The molecule has 2 aromatic heterocycles. The van der Waals surface area contributed by atoms with Crippen molar-refractivity contribution in [1.29, 1.82) is 0 Å². The van der Waals surface area contributed by atoms with Gasteiger partial charge in [-0.15, -0.1) is 0 Å². The number of halogens is 4. The van der Waals surface area contributed by atoms with Gasteiger partial charge in [-0.1, -0.05) is 41.4 Å². The number of carbonyl (C=O) groups excluding carboxylic acids is 2. The number of ketones is 1. The Morgan fingerprint density at radius 1 is 0.970 bits per heavy atom. The van der Waals surface area contributed by atoms with E-state index in [0.29, 0.717) is 4.73 Å². The number of aromatic nitrogens is 2. The predicted octanol–water partition coefficient (Wildman–Crippen LogP) is 4.33. The van der Waals surface area contributed by atoms with Gasteiger partial charge in [0.25, 0.3) is 5.78 Å². The van der Waals surface area contributed by atoms with Crippen molar-refractivity contribution in [3.05, 3.63) is 93.2 Å². The van der Waals surface area contributed by atoms with Crippen LogP contribution in [0.3, 0.4) is 0 Å². The molecule has 1 amide bonds. The summed E-state index contributed by atoms with van der Waals surface area (Å²) in [4.78, 5) is 29.2. The minimum atomic E-state index is -1.23. The van der Waals surface area contributed by atoms with Gasteiger partial charge in [-0.3, -0.25) is 9.59 Å². The molecule has 33 heavy (non-hydrogen) atoms. The Hall–Kier alpha value is -3.69. The van der Waals surface area contributed by atoms with Gasteiger partial charge < -0.3 is 14.9 Å². The smallest absolute Gasteiger partial charge is 0.318 e. The number of fused-ring (bicyclic) bond motifs is 1. The molecule has 0 aliphatic heterocycles. The van der Waals surface area contributed by atoms with E-state index in [2.05, 4.69) is 4.99 Å². The lowest BCUT2D eigenvalue weighted by molar-refractivity contribution is -0.114. The van der Waals surface area contributed by atoms with Crippen molar-refractivity contribution < 1.29 is 28.7 Å². The van der Waals surface area contributed by atoms with Gasteiger partial charge in [0.1, 0.15) is 22.7 Å². The van der Waals surface area contributed by atoms with E-state index in [1.807, 2.05) is 0 Å². The zero-order valence-corrected chi connectivity index (χ0v) is 18.0. The highest BCUT2D eigenvalue weighted by Crippen LogP contribution is 2.31. The van der Waals surface area contributed by atoms with Crippen LogP contribution in [-0.2, 0) is 11.3 Å². The summed E-state index contributed by atoms with van der Waals surface area (Å²) < 4.78 is 30.2. The van der Waals surface area contributed by atoms with Crippen molar-refractivity contribution in [2.45, 2.75) is 6.54 Å². The fraction of sp³-hybridized carbons (Fsp3) is 0.0455. The number of benzene rings is 2. The SMILES string of the molecule is O=C(N=c1c(Cl)cn(O)cc1Cl)C(=O)c1cn(Cc2c(F)cccc2F)c2c(O)cccc12. The number of para-hydroxylation sites is 1. The van der Waals surface area contributed by atoms with Crippen LogP contribution in [0.25, 0.3) is 10.9 Å². The zero-order valence-electron chi connectivity index (χ0n) is 16.5. The summed E-state index contributed by atoms with van der Waals surface area (Å²) in [7, 11) is 0. The number of rotatable bonds is 4. The van der Waals surface area contributed by atoms with Gasteiger partial charge in [0.05, 0.1) is 40.1 Å². The van der Waals surface area contributed by atoms with Crippen LogP contribution in [0.1, 0.15) is 15.9 Å². The molecule has 2 aromatic carbocycles. The molecule has 0 unspecified atom stereocenters. The Bertz CT molecular complexity index is 1470. The number of amides is 1. The van der Waals surface area contributed by atoms with Gasteiger partial charge in [0, 0.05) is 17.1 Å². The van der Waals surface area contributed by atoms with Crippen molar-refractivity contribution in [2.75, 3.05) is 0 Å². The highest BCUT2D eigenvalue weighted by atomic mass is 35.5. The van der Waals surface area contributed by atoms with E-state index in [4.69, 9.17) is 23.2 Å². The van der Waals surface area contributed by atoms with Gasteiger partial charge in [-0.25, -0.2) is 13.8 Å². The predicted molar refractivity (Wildman–Crippen MR) is 116 cm³/mol. The minimum Gasteiger partial charge on any atom is -0.506 e. The Morgan fingerprint density at radius 2 is 1.58 bits per heavy atom. The molecular formula is C22H13Cl2F2N3O4. The van der Waals surface area contributed by atoms with Gasteiger partial charge in [0.2, 0.25) is 0 Å². The molecule has 0 spiro atoms. The topological polar surface area (TPSA) is 96.8 Å². The number of carbonyl (C=O) groups is 2. The van der Waals surface area contributed by atoms with Crippen LogP contribution in [0.2, 0.25) is 10.0 Å². The number of aromatic hydroxyl groups is 1. The first-order chi connectivity index (χ1) is 15.7. The normalized spacial score (nSPS) is 11.0. The Labute approximate surface area is 194 Å².